The zero-order chi connectivity index (χ0) is 45.8. The van der Waals surface area contributed by atoms with E-state index in [0.29, 0.717) is 19.3 Å². The summed E-state index contributed by atoms with van der Waals surface area (Å²) in [4.78, 5) is 38.0. The van der Waals surface area contributed by atoms with E-state index in [1.165, 1.54) is 109 Å². The van der Waals surface area contributed by atoms with Crippen LogP contribution in [0.1, 0.15) is 252 Å². The van der Waals surface area contributed by atoms with Gasteiger partial charge in [-0.25, -0.2) is 0 Å². The van der Waals surface area contributed by atoms with Crippen LogP contribution in [0.4, 0.5) is 0 Å². The Labute approximate surface area is 389 Å². The van der Waals surface area contributed by atoms with Crippen LogP contribution in [-0.2, 0) is 28.6 Å². The smallest absolute Gasteiger partial charge is 0.306 e. The molecule has 0 heterocycles. The first-order valence-corrected chi connectivity index (χ1v) is 26.5. The fourth-order valence-electron chi connectivity index (χ4n) is 7.21. The van der Waals surface area contributed by atoms with Gasteiger partial charge < -0.3 is 14.2 Å². The molecule has 0 amide bonds. The molecule has 0 saturated carbocycles. The minimum absolute atomic E-state index is 0.0974. The Morgan fingerprint density at radius 2 is 0.667 bits per heavy atom. The molecule has 6 nitrogen and oxygen atoms in total. The maximum atomic E-state index is 12.8. The van der Waals surface area contributed by atoms with Crippen LogP contribution in [-0.4, -0.2) is 37.2 Å². The summed E-state index contributed by atoms with van der Waals surface area (Å²) in [6.07, 6.45) is 64.5. The highest BCUT2D eigenvalue weighted by atomic mass is 16.6. The molecule has 0 aromatic rings. The molecule has 0 aliphatic carbocycles. The average molecular weight is 879 g/mol. The number of ether oxygens (including phenoxy) is 3. The molecule has 0 spiro atoms. The van der Waals surface area contributed by atoms with Crippen LogP contribution >= 0.6 is 0 Å². The Kier molecular flexibility index (Phi) is 48.9. The normalized spacial score (nSPS) is 12.6. The lowest BCUT2D eigenvalue weighted by molar-refractivity contribution is -0.167. The highest BCUT2D eigenvalue weighted by molar-refractivity contribution is 5.71. The fourth-order valence-corrected chi connectivity index (χ4v) is 7.21. The number of esters is 3. The van der Waals surface area contributed by atoms with E-state index in [2.05, 4.69) is 93.7 Å². The van der Waals surface area contributed by atoms with E-state index in [9.17, 15) is 14.4 Å². The van der Waals surface area contributed by atoms with Gasteiger partial charge >= 0.3 is 17.9 Å². The van der Waals surface area contributed by atoms with E-state index in [1.807, 2.05) is 0 Å². The van der Waals surface area contributed by atoms with Crippen LogP contribution in [0.25, 0.3) is 0 Å². The minimum atomic E-state index is -0.797. The predicted octanol–water partition coefficient (Wildman–Crippen LogP) is 17.4. The van der Waals surface area contributed by atoms with E-state index in [-0.39, 0.29) is 31.1 Å². The molecule has 63 heavy (non-hydrogen) atoms. The Balaban J connectivity index is 4.46. The average Bonchev–Trinajstić information content (AvgIpc) is 3.28. The lowest BCUT2D eigenvalue weighted by atomic mass is 10.1. The van der Waals surface area contributed by atoms with Crippen molar-refractivity contribution in [3.63, 3.8) is 0 Å². The molecular weight excluding hydrogens is 781 g/mol. The zero-order valence-corrected chi connectivity index (χ0v) is 41.3. The second-order valence-electron chi connectivity index (χ2n) is 17.4. The molecule has 0 bridgehead atoms. The first kappa shape index (κ1) is 59.9. The van der Waals surface area contributed by atoms with E-state index >= 15 is 0 Å². The SMILES string of the molecule is CC/C=C\C/C=C\C/C=C\CCCCCCC(=O)OCC(COC(=O)CCCCC/C=C\C=C/CCCCCCCCC)OC(=O)CCCCCCCCC/C=C\CCCCCC. The highest BCUT2D eigenvalue weighted by Crippen LogP contribution is 2.14. The van der Waals surface area contributed by atoms with Gasteiger partial charge in [0.15, 0.2) is 6.10 Å². The molecule has 0 aliphatic heterocycles. The third kappa shape index (κ3) is 49.7. The molecular formula is C57H98O6. The van der Waals surface area contributed by atoms with Crippen molar-refractivity contribution in [3.05, 3.63) is 72.9 Å². The third-order valence-corrected chi connectivity index (χ3v) is 11.2. The number of hydrogen-bond acceptors (Lipinski definition) is 6. The summed E-state index contributed by atoms with van der Waals surface area (Å²) < 4.78 is 16.8. The quantitative estimate of drug-likeness (QED) is 0.0199. The number of allylic oxidation sites excluding steroid dienone is 12. The summed E-state index contributed by atoms with van der Waals surface area (Å²) in [6, 6.07) is 0. The molecule has 0 rings (SSSR count). The van der Waals surface area contributed by atoms with Gasteiger partial charge in [0.2, 0.25) is 0 Å². The van der Waals surface area contributed by atoms with Gasteiger partial charge in [-0.15, -0.1) is 0 Å². The predicted molar refractivity (Wildman–Crippen MR) is 270 cm³/mol. The summed E-state index contributed by atoms with van der Waals surface area (Å²) in [7, 11) is 0. The van der Waals surface area contributed by atoms with Crippen LogP contribution in [0.2, 0.25) is 0 Å². The number of hydrogen-bond donors (Lipinski definition) is 0. The second kappa shape index (κ2) is 51.5. The zero-order valence-electron chi connectivity index (χ0n) is 41.3. The van der Waals surface area contributed by atoms with E-state index in [4.69, 9.17) is 14.2 Å². The summed E-state index contributed by atoms with van der Waals surface area (Å²) >= 11 is 0. The largest absolute Gasteiger partial charge is 0.462 e. The van der Waals surface area contributed by atoms with Gasteiger partial charge in [0, 0.05) is 19.3 Å². The van der Waals surface area contributed by atoms with Gasteiger partial charge in [-0.3, -0.25) is 14.4 Å². The van der Waals surface area contributed by atoms with Crippen molar-refractivity contribution in [1.29, 1.82) is 0 Å². The maximum absolute atomic E-state index is 12.8. The molecule has 0 aliphatic rings. The Morgan fingerprint density at radius 1 is 0.349 bits per heavy atom. The van der Waals surface area contributed by atoms with Gasteiger partial charge in [-0.2, -0.15) is 0 Å². The molecule has 0 saturated heterocycles. The maximum Gasteiger partial charge on any atom is 0.306 e. The van der Waals surface area contributed by atoms with Gasteiger partial charge in [0.1, 0.15) is 13.2 Å². The molecule has 1 atom stereocenters. The Bertz CT molecular complexity index is 1190. The Morgan fingerprint density at radius 3 is 1.11 bits per heavy atom. The van der Waals surface area contributed by atoms with Crippen molar-refractivity contribution in [1.82, 2.24) is 0 Å². The first-order chi connectivity index (χ1) is 31.0. The number of rotatable bonds is 47. The second-order valence-corrected chi connectivity index (χ2v) is 17.4. The lowest BCUT2D eigenvalue weighted by Crippen LogP contribution is -2.30. The van der Waals surface area contributed by atoms with Gasteiger partial charge in [0.25, 0.3) is 0 Å². The van der Waals surface area contributed by atoms with Crippen LogP contribution in [0.5, 0.6) is 0 Å². The highest BCUT2D eigenvalue weighted by Gasteiger charge is 2.19. The van der Waals surface area contributed by atoms with Crippen molar-refractivity contribution < 1.29 is 28.6 Å². The summed E-state index contributed by atoms with van der Waals surface area (Å²) in [5, 5.41) is 0. The monoisotopic (exact) mass is 879 g/mol. The van der Waals surface area contributed by atoms with Crippen molar-refractivity contribution >= 4 is 17.9 Å². The molecule has 0 N–H and O–H groups in total. The van der Waals surface area contributed by atoms with E-state index < -0.39 is 6.10 Å². The van der Waals surface area contributed by atoms with Crippen molar-refractivity contribution in [2.75, 3.05) is 13.2 Å². The molecule has 0 fully saturated rings. The third-order valence-electron chi connectivity index (χ3n) is 11.2. The van der Waals surface area contributed by atoms with Gasteiger partial charge in [-0.1, -0.05) is 203 Å². The summed E-state index contributed by atoms with van der Waals surface area (Å²) in [5.74, 6) is -0.946. The number of carbonyl (C=O) groups excluding carboxylic acids is 3. The van der Waals surface area contributed by atoms with Crippen LogP contribution in [0.3, 0.4) is 0 Å². The van der Waals surface area contributed by atoms with Crippen molar-refractivity contribution in [2.24, 2.45) is 0 Å². The van der Waals surface area contributed by atoms with Crippen LogP contribution in [0, 0.1) is 0 Å². The molecule has 0 aromatic carbocycles. The molecule has 1 unspecified atom stereocenters. The van der Waals surface area contributed by atoms with Gasteiger partial charge in [-0.05, 0) is 103 Å². The minimum Gasteiger partial charge on any atom is -0.462 e. The molecule has 6 heteroatoms. The van der Waals surface area contributed by atoms with Crippen molar-refractivity contribution in [2.45, 2.75) is 258 Å². The van der Waals surface area contributed by atoms with Crippen LogP contribution < -0.4 is 0 Å². The summed E-state index contributed by atoms with van der Waals surface area (Å²) in [5.41, 5.74) is 0. The van der Waals surface area contributed by atoms with E-state index in [0.717, 1.165) is 103 Å². The first-order valence-electron chi connectivity index (χ1n) is 26.5. The molecule has 0 aromatic heterocycles. The van der Waals surface area contributed by atoms with Crippen LogP contribution in [0.15, 0.2) is 72.9 Å². The number of unbranched alkanes of at least 4 members (excludes halogenated alkanes) is 25. The molecule has 362 valence electrons. The molecule has 0 radical (unpaired) electrons. The number of carbonyl (C=O) groups is 3. The Hall–Kier alpha value is -3.15. The summed E-state index contributed by atoms with van der Waals surface area (Å²) in [6.45, 7) is 6.46. The lowest BCUT2D eigenvalue weighted by Gasteiger charge is -2.18. The van der Waals surface area contributed by atoms with E-state index in [1.54, 1.807) is 0 Å². The topological polar surface area (TPSA) is 78.9 Å². The van der Waals surface area contributed by atoms with Gasteiger partial charge in [0.05, 0.1) is 0 Å². The van der Waals surface area contributed by atoms with Crippen molar-refractivity contribution in [3.8, 4) is 0 Å². The fraction of sp³-hybridized carbons (Fsp3) is 0.737. The standard InChI is InChI=1S/C57H98O6/c1-4-7-10-13-16-19-22-25-28-30-32-35-38-41-44-47-50-56(59)62-53-54(52-61-55(58)49-46-43-40-37-34-31-27-24-21-18-15-12-9-6-3)63-57(60)51-48-45-42-39-36-33-29-26-23-20-17-14-11-8-5-2/h9,12,18,20-21,23,27-28,30-32,35,54H,4-8,10-11,13-17,19,22,24-26,29,33-34,36-53H2,1-3H3/b12-9-,21-18-,23-20-,30-28-,31-27-,35-32-.